The summed E-state index contributed by atoms with van der Waals surface area (Å²) in [7, 11) is 2.17. The summed E-state index contributed by atoms with van der Waals surface area (Å²) in [6, 6.07) is 18.5. The largest absolute Gasteiger partial charge is 0.307 e. The van der Waals surface area contributed by atoms with Crippen molar-refractivity contribution in [3.8, 4) is 11.4 Å². The molecule has 0 atom stereocenters. The van der Waals surface area contributed by atoms with Crippen LogP contribution < -0.4 is 4.57 Å². The molecule has 43 heavy (non-hydrogen) atoms. The number of fused-ring (bicyclic) bond motifs is 5. The molecule has 5 nitrogen and oxygen atoms in total. The summed E-state index contributed by atoms with van der Waals surface area (Å²) in [6.45, 7) is 19.9. The Balaban J connectivity index is 1.68. The second-order valence-corrected chi connectivity index (χ2v) is 15.0. The van der Waals surface area contributed by atoms with E-state index >= 15 is 0 Å². The number of hydrogen-bond acceptors (Lipinski definition) is 3. The first kappa shape index (κ1) is 27.7. The standard InChI is InChI=1S/C38H42N5/c1-21(2)17-23-12-14-26-27-13-11-22(3)30-32(27)43(28(26)18-23)29-20-25(19-24-15-16-42(10)33(30)31(24)29)34-39-35(37(4,5)6)41-36(40-34)38(7,8)9/h11-16,18-21H,17H2,1-10H3/q+1. The van der Waals surface area contributed by atoms with Crippen molar-refractivity contribution in [3.63, 3.8) is 0 Å². The van der Waals surface area contributed by atoms with E-state index in [4.69, 9.17) is 15.0 Å². The third-order valence-corrected chi connectivity index (χ3v) is 8.78. The molecule has 4 heterocycles. The monoisotopic (exact) mass is 568 g/mol. The van der Waals surface area contributed by atoms with Gasteiger partial charge in [-0.2, -0.15) is 0 Å². The van der Waals surface area contributed by atoms with E-state index in [0.717, 1.165) is 29.5 Å². The third kappa shape index (κ3) is 4.27. The van der Waals surface area contributed by atoms with Gasteiger partial charge in [-0.05, 0) is 54.0 Å². The molecule has 4 aromatic heterocycles. The van der Waals surface area contributed by atoms with Crippen molar-refractivity contribution in [2.24, 2.45) is 13.0 Å². The molecule has 0 saturated heterocycles. The maximum absolute atomic E-state index is 5.10. The number of benzene rings is 3. The predicted octanol–water partition coefficient (Wildman–Crippen LogP) is 8.77. The van der Waals surface area contributed by atoms with Gasteiger partial charge in [0.25, 0.3) is 0 Å². The molecule has 5 heteroatoms. The van der Waals surface area contributed by atoms with Gasteiger partial charge in [-0.1, -0.05) is 79.7 Å². The van der Waals surface area contributed by atoms with Crippen molar-refractivity contribution in [2.75, 3.05) is 0 Å². The van der Waals surface area contributed by atoms with Crippen LogP contribution in [0.15, 0.2) is 54.7 Å². The van der Waals surface area contributed by atoms with Gasteiger partial charge in [0.2, 0.25) is 5.52 Å². The number of aryl methyl sites for hydroxylation is 2. The summed E-state index contributed by atoms with van der Waals surface area (Å²) >= 11 is 0. The van der Waals surface area contributed by atoms with E-state index < -0.39 is 0 Å². The fourth-order valence-corrected chi connectivity index (χ4v) is 6.66. The lowest BCUT2D eigenvalue weighted by Crippen LogP contribution is -2.29. The Kier molecular flexibility index (Phi) is 5.92. The molecule has 218 valence electrons. The lowest BCUT2D eigenvalue weighted by Gasteiger charge is -2.23. The van der Waals surface area contributed by atoms with Gasteiger partial charge in [-0.25, -0.2) is 19.5 Å². The van der Waals surface area contributed by atoms with Crippen molar-refractivity contribution in [2.45, 2.75) is 79.6 Å². The van der Waals surface area contributed by atoms with Gasteiger partial charge in [0.1, 0.15) is 18.7 Å². The molecule has 0 aliphatic carbocycles. The zero-order valence-electron chi connectivity index (χ0n) is 27.2. The minimum Gasteiger partial charge on any atom is -0.307 e. The summed E-state index contributed by atoms with van der Waals surface area (Å²) in [5.41, 5.74) is 8.28. The molecule has 0 N–H and O–H groups in total. The molecule has 0 amide bonds. The van der Waals surface area contributed by atoms with Gasteiger partial charge < -0.3 is 4.40 Å². The van der Waals surface area contributed by atoms with Gasteiger partial charge in [-0.3, -0.25) is 0 Å². The third-order valence-electron chi connectivity index (χ3n) is 8.78. The van der Waals surface area contributed by atoms with Gasteiger partial charge in [0.05, 0.1) is 27.3 Å². The van der Waals surface area contributed by atoms with Crippen LogP contribution in [0.2, 0.25) is 0 Å². The number of nitrogens with zero attached hydrogens (tertiary/aromatic N) is 5. The summed E-state index contributed by atoms with van der Waals surface area (Å²) in [6.07, 6.45) is 3.25. The maximum atomic E-state index is 5.10. The van der Waals surface area contributed by atoms with Crippen molar-refractivity contribution in [1.82, 2.24) is 19.4 Å². The van der Waals surface area contributed by atoms with Crippen LogP contribution in [-0.2, 0) is 24.3 Å². The second kappa shape index (κ2) is 9.19. The second-order valence-electron chi connectivity index (χ2n) is 15.0. The van der Waals surface area contributed by atoms with E-state index in [1.807, 2.05) is 0 Å². The van der Waals surface area contributed by atoms with Gasteiger partial charge in [-0.15, -0.1) is 0 Å². The van der Waals surface area contributed by atoms with Gasteiger partial charge in [0, 0.05) is 33.2 Å². The summed E-state index contributed by atoms with van der Waals surface area (Å²) in [5.74, 6) is 2.98. The highest BCUT2D eigenvalue weighted by Crippen LogP contribution is 2.42. The number of pyridine rings is 2. The maximum Gasteiger partial charge on any atom is 0.224 e. The lowest BCUT2D eigenvalue weighted by molar-refractivity contribution is -0.643. The van der Waals surface area contributed by atoms with Crippen LogP contribution >= 0.6 is 0 Å². The average Bonchev–Trinajstić information content (AvgIpc) is 3.25. The van der Waals surface area contributed by atoms with E-state index in [-0.39, 0.29) is 10.8 Å². The minimum absolute atomic E-state index is 0.199. The molecule has 0 saturated carbocycles. The number of rotatable bonds is 3. The molecule has 0 aliphatic heterocycles. The van der Waals surface area contributed by atoms with Gasteiger partial charge >= 0.3 is 0 Å². The van der Waals surface area contributed by atoms with E-state index in [1.165, 1.54) is 60.1 Å². The zero-order valence-corrected chi connectivity index (χ0v) is 27.2. The molecule has 0 fully saturated rings. The Labute approximate surface area is 254 Å². The number of aromatic nitrogens is 5. The minimum atomic E-state index is -0.199. The van der Waals surface area contributed by atoms with Crippen LogP contribution in [-0.4, -0.2) is 19.4 Å². The Bertz CT molecular complexity index is 2190. The molecule has 0 spiro atoms. The van der Waals surface area contributed by atoms with E-state index in [2.05, 4.69) is 133 Å². The smallest absolute Gasteiger partial charge is 0.224 e. The Hall–Kier alpha value is -4.12. The molecule has 0 unspecified atom stereocenters. The van der Waals surface area contributed by atoms with Crippen molar-refractivity contribution in [3.05, 3.63) is 77.5 Å². The van der Waals surface area contributed by atoms with Crippen LogP contribution in [0.25, 0.3) is 60.4 Å². The SMILES string of the molecule is Cc1ccc2c3ccc(CC(C)C)cc3n3c4cc(-c5nc(C(C)(C)C)nc(C(C)(C)C)n5)cc5cc[n+](C)c(c1c23)c54. The van der Waals surface area contributed by atoms with Crippen LogP contribution in [0.4, 0.5) is 0 Å². The Morgan fingerprint density at radius 2 is 1.44 bits per heavy atom. The van der Waals surface area contributed by atoms with Gasteiger partial charge in [0.15, 0.2) is 12.0 Å². The fourth-order valence-electron chi connectivity index (χ4n) is 6.66. The van der Waals surface area contributed by atoms with E-state index in [0.29, 0.717) is 5.92 Å². The predicted molar refractivity (Wildman–Crippen MR) is 179 cm³/mol. The van der Waals surface area contributed by atoms with Crippen molar-refractivity contribution in [1.29, 1.82) is 0 Å². The molecule has 7 rings (SSSR count). The summed E-state index contributed by atoms with van der Waals surface area (Å²) in [5, 5.41) is 6.37. The van der Waals surface area contributed by atoms with E-state index in [9.17, 15) is 0 Å². The highest BCUT2D eigenvalue weighted by Gasteiger charge is 2.28. The van der Waals surface area contributed by atoms with Crippen LogP contribution in [0.3, 0.4) is 0 Å². The number of hydrogen-bond donors (Lipinski definition) is 0. The highest BCUT2D eigenvalue weighted by atomic mass is 15.1. The zero-order chi connectivity index (χ0) is 30.6. The van der Waals surface area contributed by atoms with Crippen LogP contribution in [0.5, 0.6) is 0 Å². The molecule has 0 bridgehead atoms. The molecule has 3 aromatic carbocycles. The van der Waals surface area contributed by atoms with Crippen molar-refractivity contribution >= 4 is 49.0 Å². The quantitative estimate of drug-likeness (QED) is 0.122. The first-order chi connectivity index (χ1) is 20.2. The Morgan fingerprint density at radius 1 is 0.767 bits per heavy atom. The topological polar surface area (TPSA) is 47.0 Å². The first-order valence-electron chi connectivity index (χ1n) is 15.5. The molecule has 7 aromatic rings. The first-order valence-corrected chi connectivity index (χ1v) is 15.5. The fraction of sp³-hybridized carbons (Fsp3) is 0.368. The summed E-state index contributed by atoms with van der Waals surface area (Å²) in [4.78, 5) is 15.1. The molecular weight excluding hydrogens is 526 g/mol. The molecule has 0 aliphatic rings. The highest BCUT2D eigenvalue weighted by molar-refractivity contribution is 6.26. The Morgan fingerprint density at radius 3 is 2.09 bits per heavy atom. The normalized spacial score (nSPS) is 13.2. The van der Waals surface area contributed by atoms with Crippen LogP contribution in [0.1, 0.15) is 78.2 Å². The average molecular weight is 569 g/mol. The molecule has 0 radical (unpaired) electrons. The van der Waals surface area contributed by atoms with Crippen molar-refractivity contribution < 1.29 is 4.57 Å². The summed E-state index contributed by atoms with van der Waals surface area (Å²) < 4.78 is 4.81. The molecular formula is C38H42N5+. The lowest BCUT2D eigenvalue weighted by atomic mass is 9.92. The van der Waals surface area contributed by atoms with Crippen LogP contribution in [0, 0.1) is 12.8 Å². The van der Waals surface area contributed by atoms with E-state index in [1.54, 1.807) is 0 Å².